The maximum atomic E-state index is 12.4. The highest BCUT2D eigenvalue weighted by molar-refractivity contribution is 5.89. The third-order valence-electron chi connectivity index (χ3n) is 5.95. The Hall–Kier alpha value is -1.88. The van der Waals surface area contributed by atoms with Crippen molar-refractivity contribution in [3.05, 3.63) is 35.9 Å². The van der Waals surface area contributed by atoms with Crippen LogP contribution in [0.1, 0.15) is 45.1 Å². The zero-order valence-corrected chi connectivity index (χ0v) is 17.4. The first kappa shape index (κ1) is 20.8. The first-order valence-electron chi connectivity index (χ1n) is 10.8. The van der Waals surface area contributed by atoms with E-state index < -0.39 is 0 Å². The fraction of sp³-hybridized carbons (Fsp3) is 0.652. The van der Waals surface area contributed by atoms with Crippen molar-refractivity contribution in [1.29, 1.82) is 0 Å². The summed E-state index contributed by atoms with van der Waals surface area (Å²) in [7, 11) is 0. The van der Waals surface area contributed by atoms with Gasteiger partial charge in [-0.05, 0) is 43.2 Å². The van der Waals surface area contributed by atoms with E-state index in [4.69, 9.17) is 0 Å². The van der Waals surface area contributed by atoms with Crippen LogP contribution in [0.5, 0.6) is 0 Å². The van der Waals surface area contributed by atoms with E-state index in [0.717, 1.165) is 36.8 Å². The molecular weight excluding hydrogens is 350 g/mol. The molecule has 3 rings (SSSR count). The van der Waals surface area contributed by atoms with Gasteiger partial charge in [-0.2, -0.15) is 0 Å². The molecule has 2 fully saturated rings. The van der Waals surface area contributed by atoms with Gasteiger partial charge in [-0.25, -0.2) is 0 Å². The van der Waals surface area contributed by atoms with Gasteiger partial charge in [0.25, 0.3) is 0 Å². The Bertz CT molecular complexity index is 639. The molecule has 3 atom stereocenters. The number of hydrogen-bond acceptors (Lipinski definition) is 3. The Balaban J connectivity index is 1.32. The fourth-order valence-electron chi connectivity index (χ4n) is 4.70. The molecule has 1 aromatic carbocycles. The van der Waals surface area contributed by atoms with Gasteiger partial charge in [-0.15, -0.1) is 0 Å². The summed E-state index contributed by atoms with van der Waals surface area (Å²) in [4.78, 5) is 29.0. The van der Waals surface area contributed by atoms with Crippen molar-refractivity contribution in [2.75, 3.05) is 32.7 Å². The van der Waals surface area contributed by atoms with Crippen LogP contribution in [0.25, 0.3) is 0 Å². The number of piperidine rings is 1. The molecule has 0 bridgehead atoms. The third kappa shape index (κ3) is 6.06. The van der Waals surface area contributed by atoms with Crippen LogP contribution in [0, 0.1) is 17.8 Å². The standard InChI is InChI=1S/C23H35N3O2/c1-18-12-19(2)15-25(14-18)11-7-6-10-24-23(28)21-13-22(27)26(17-21)16-20-8-4-3-5-9-20/h3-5,8-9,18-19,21H,6-7,10-17H2,1-2H3,(H,24,28). The molecular formula is C23H35N3O2. The number of unbranched alkanes of at least 4 members (excludes halogenated alkanes) is 1. The number of hydrogen-bond donors (Lipinski definition) is 1. The van der Waals surface area contributed by atoms with Crippen LogP contribution in [0.2, 0.25) is 0 Å². The Kier molecular flexibility index (Phi) is 7.49. The van der Waals surface area contributed by atoms with Gasteiger partial charge < -0.3 is 15.1 Å². The average Bonchev–Trinajstić information content (AvgIpc) is 3.02. The monoisotopic (exact) mass is 385 g/mol. The summed E-state index contributed by atoms with van der Waals surface area (Å²) in [6.45, 7) is 10.0. The van der Waals surface area contributed by atoms with Crippen molar-refractivity contribution in [2.45, 2.75) is 46.1 Å². The van der Waals surface area contributed by atoms with Crippen LogP contribution < -0.4 is 5.32 Å². The van der Waals surface area contributed by atoms with Gasteiger partial charge in [-0.3, -0.25) is 9.59 Å². The van der Waals surface area contributed by atoms with Gasteiger partial charge in [0.15, 0.2) is 0 Å². The molecule has 0 spiro atoms. The smallest absolute Gasteiger partial charge is 0.225 e. The van der Waals surface area contributed by atoms with Gasteiger partial charge in [0.05, 0.1) is 5.92 Å². The van der Waals surface area contributed by atoms with E-state index in [0.29, 0.717) is 26.1 Å². The lowest BCUT2D eigenvalue weighted by Gasteiger charge is -2.34. The van der Waals surface area contributed by atoms with E-state index in [9.17, 15) is 9.59 Å². The first-order chi connectivity index (χ1) is 13.5. The van der Waals surface area contributed by atoms with E-state index in [2.05, 4.69) is 24.1 Å². The van der Waals surface area contributed by atoms with E-state index in [1.54, 1.807) is 4.90 Å². The van der Waals surface area contributed by atoms with E-state index in [-0.39, 0.29) is 17.7 Å². The zero-order chi connectivity index (χ0) is 19.9. The van der Waals surface area contributed by atoms with E-state index >= 15 is 0 Å². The Labute approximate surface area is 169 Å². The summed E-state index contributed by atoms with van der Waals surface area (Å²) < 4.78 is 0. The molecule has 0 saturated carbocycles. The largest absolute Gasteiger partial charge is 0.356 e. The van der Waals surface area contributed by atoms with Crippen LogP contribution in [0.4, 0.5) is 0 Å². The van der Waals surface area contributed by atoms with Gasteiger partial charge in [0.1, 0.15) is 0 Å². The molecule has 154 valence electrons. The van der Waals surface area contributed by atoms with Crippen molar-refractivity contribution in [2.24, 2.45) is 17.8 Å². The highest BCUT2D eigenvalue weighted by atomic mass is 16.2. The van der Waals surface area contributed by atoms with Crippen LogP contribution in [-0.4, -0.2) is 54.3 Å². The lowest BCUT2D eigenvalue weighted by Crippen LogP contribution is -2.39. The molecule has 5 nitrogen and oxygen atoms in total. The third-order valence-corrected chi connectivity index (χ3v) is 5.95. The lowest BCUT2D eigenvalue weighted by molar-refractivity contribution is -0.129. The number of likely N-dealkylation sites (tertiary alicyclic amines) is 2. The number of amides is 2. The Morgan fingerprint density at radius 2 is 1.79 bits per heavy atom. The number of nitrogens with one attached hydrogen (secondary N) is 1. The van der Waals surface area contributed by atoms with Crippen LogP contribution in [0.3, 0.4) is 0 Å². The van der Waals surface area contributed by atoms with Crippen LogP contribution >= 0.6 is 0 Å². The predicted octanol–water partition coefficient (Wildman–Crippen LogP) is 2.91. The van der Waals surface area contributed by atoms with E-state index in [1.165, 1.54) is 19.5 Å². The highest BCUT2D eigenvalue weighted by Gasteiger charge is 2.34. The average molecular weight is 386 g/mol. The number of nitrogens with zero attached hydrogens (tertiary/aromatic N) is 2. The maximum absolute atomic E-state index is 12.4. The Morgan fingerprint density at radius 3 is 2.50 bits per heavy atom. The molecule has 2 aliphatic rings. The fourth-order valence-corrected chi connectivity index (χ4v) is 4.70. The molecule has 3 unspecified atom stereocenters. The second kappa shape index (κ2) is 10.1. The first-order valence-corrected chi connectivity index (χ1v) is 10.8. The summed E-state index contributed by atoms with van der Waals surface area (Å²) in [5.41, 5.74) is 1.11. The van der Waals surface area contributed by atoms with Crippen LogP contribution in [0.15, 0.2) is 30.3 Å². The van der Waals surface area contributed by atoms with Crippen molar-refractivity contribution in [1.82, 2.24) is 15.1 Å². The quantitative estimate of drug-likeness (QED) is 0.700. The number of rotatable bonds is 8. The number of carbonyl (C=O) groups excluding carboxylic acids is 2. The molecule has 2 saturated heterocycles. The molecule has 2 aliphatic heterocycles. The van der Waals surface area contributed by atoms with Crippen molar-refractivity contribution >= 4 is 11.8 Å². The summed E-state index contributed by atoms with van der Waals surface area (Å²) in [6.07, 6.45) is 3.79. The Morgan fingerprint density at radius 1 is 1.07 bits per heavy atom. The molecule has 0 aliphatic carbocycles. The normalized spacial score (nSPS) is 25.9. The summed E-state index contributed by atoms with van der Waals surface area (Å²) in [5, 5.41) is 3.05. The summed E-state index contributed by atoms with van der Waals surface area (Å²) >= 11 is 0. The summed E-state index contributed by atoms with van der Waals surface area (Å²) in [5.74, 6) is 1.49. The maximum Gasteiger partial charge on any atom is 0.225 e. The number of benzene rings is 1. The highest BCUT2D eigenvalue weighted by Crippen LogP contribution is 2.22. The molecule has 5 heteroatoms. The van der Waals surface area contributed by atoms with E-state index in [1.807, 2.05) is 30.3 Å². The van der Waals surface area contributed by atoms with Gasteiger partial charge in [-0.1, -0.05) is 44.2 Å². The van der Waals surface area contributed by atoms with Crippen molar-refractivity contribution < 1.29 is 9.59 Å². The number of carbonyl (C=O) groups is 2. The second-order valence-electron chi connectivity index (χ2n) is 8.86. The van der Waals surface area contributed by atoms with Crippen LogP contribution in [-0.2, 0) is 16.1 Å². The van der Waals surface area contributed by atoms with Gasteiger partial charge >= 0.3 is 0 Å². The van der Waals surface area contributed by atoms with Crippen molar-refractivity contribution in [3.63, 3.8) is 0 Å². The van der Waals surface area contributed by atoms with Gasteiger partial charge in [0, 0.05) is 39.1 Å². The van der Waals surface area contributed by atoms with Gasteiger partial charge in [0.2, 0.25) is 11.8 Å². The minimum atomic E-state index is -0.208. The molecule has 0 radical (unpaired) electrons. The topological polar surface area (TPSA) is 52.7 Å². The molecule has 0 aromatic heterocycles. The zero-order valence-electron chi connectivity index (χ0n) is 17.4. The lowest BCUT2D eigenvalue weighted by atomic mass is 9.92. The summed E-state index contributed by atoms with van der Waals surface area (Å²) in [6, 6.07) is 9.96. The minimum Gasteiger partial charge on any atom is -0.356 e. The SMILES string of the molecule is CC1CC(C)CN(CCCCNC(=O)C2CC(=O)N(Cc3ccccc3)C2)C1. The predicted molar refractivity (Wildman–Crippen MR) is 112 cm³/mol. The van der Waals surface area contributed by atoms with Crippen molar-refractivity contribution in [3.8, 4) is 0 Å². The molecule has 1 aromatic rings. The second-order valence-corrected chi connectivity index (χ2v) is 8.86. The minimum absolute atomic E-state index is 0.0316. The molecule has 28 heavy (non-hydrogen) atoms. The molecule has 1 N–H and O–H groups in total. The molecule has 2 amide bonds. The molecule has 2 heterocycles.